The second-order valence-electron chi connectivity index (χ2n) is 4.10. The molecule has 0 saturated heterocycles. The molecule has 2 nitrogen and oxygen atoms in total. The second-order valence-corrected chi connectivity index (χ2v) is 4.10. The zero-order valence-corrected chi connectivity index (χ0v) is 7.54. The van der Waals surface area contributed by atoms with Crippen LogP contribution in [0.25, 0.3) is 0 Å². The number of ether oxygens (including phenoxy) is 1. The first-order chi connectivity index (χ1) is 5.66. The predicted octanol–water partition coefficient (Wildman–Crippen LogP) is 1.76. The molecule has 1 unspecified atom stereocenters. The van der Waals surface area contributed by atoms with Crippen LogP contribution in [0.15, 0.2) is 12.2 Å². The van der Waals surface area contributed by atoms with Gasteiger partial charge in [-0.15, -0.1) is 0 Å². The van der Waals surface area contributed by atoms with E-state index in [9.17, 15) is 4.79 Å². The van der Waals surface area contributed by atoms with Crippen LogP contribution in [0, 0.1) is 17.3 Å². The van der Waals surface area contributed by atoms with Crippen LogP contribution in [0.4, 0.5) is 0 Å². The van der Waals surface area contributed by atoms with E-state index in [2.05, 4.69) is 12.2 Å². The maximum Gasteiger partial charge on any atom is 0.312 e. The average Bonchev–Trinajstić information content (AvgIpc) is 2.62. The minimum atomic E-state index is -0.228. The van der Waals surface area contributed by atoms with Crippen LogP contribution in [0.2, 0.25) is 0 Å². The van der Waals surface area contributed by atoms with E-state index in [4.69, 9.17) is 4.74 Å². The highest BCUT2D eigenvalue weighted by Gasteiger charge is 2.50. The summed E-state index contributed by atoms with van der Waals surface area (Å²) in [6.07, 6.45) is 6.52. The van der Waals surface area contributed by atoms with Crippen molar-refractivity contribution < 1.29 is 9.53 Å². The van der Waals surface area contributed by atoms with Gasteiger partial charge >= 0.3 is 5.97 Å². The lowest BCUT2D eigenvalue weighted by Gasteiger charge is -2.27. The van der Waals surface area contributed by atoms with Crippen molar-refractivity contribution in [3.05, 3.63) is 12.2 Å². The van der Waals surface area contributed by atoms with Crippen LogP contribution in [0.3, 0.4) is 0 Å². The van der Waals surface area contributed by atoms with Crippen molar-refractivity contribution >= 4 is 5.97 Å². The summed E-state index contributed by atoms with van der Waals surface area (Å²) in [7, 11) is 1.48. The molecule has 0 aromatic carbocycles. The van der Waals surface area contributed by atoms with Crippen LogP contribution < -0.4 is 0 Å². The Labute approximate surface area is 72.6 Å². The van der Waals surface area contributed by atoms with E-state index in [-0.39, 0.29) is 11.4 Å². The zero-order chi connectivity index (χ0) is 8.77. The molecule has 12 heavy (non-hydrogen) atoms. The number of carbonyl (C=O) groups is 1. The molecular formula is C10H14O2. The number of hydrogen-bond donors (Lipinski definition) is 0. The quantitative estimate of drug-likeness (QED) is 0.438. The predicted molar refractivity (Wildman–Crippen MR) is 45.5 cm³/mol. The van der Waals surface area contributed by atoms with Gasteiger partial charge in [0.1, 0.15) is 0 Å². The molecule has 0 radical (unpaired) electrons. The SMILES string of the molecule is COC(=O)C1(C)C[C@@H]2C=C[C@H]1C2. The third-order valence-corrected chi connectivity index (χ3v) is 3.33. The molecule has 0 amide bonds. The molecule has 1 fully saturated rings. The van der Waals surface area contributed by atoms with Gasteiger partial charge in [0.15, 0.2) is 0 Å². The smallest absolute Gasteiger partial charge is 0.312 e. The number of esters is 1. The number of hydrogen-bond acceptors (Lipinski definition) is 2. The molecule has 0 aromatic rings. The fourth-order valence-electron chi connectivity index (χ4n) is 2.56. The number of fused-ring (bicyclic) bond motifs is 2. The topological polar surface area (TPSA) is 26.3 Å². The van der Waals surface area contributed by atoms with Gasteiger partial charge in [-0.2, -0.15) is 0 Å². The largest absolute Gasteiger partial charge is 0.469 e. The van der Waals surface area contributed by atoms with Gasteiger partial charge in [-0.3, -0.25) is 4.79 Å². The lowest BCUT2D eigenvalue weighted by atomic mass is 9.78. The normalized spacial score (nSPS) is 43.5. The highest BCUT2D eigenvalue weighted by Crippen LogP contribution is 2.52. The Balaban J connectivity index is 2.23. The summed E-state index contributed by atoms with van der Waals surface area (Å²) in [6, 6.07) is 0. The maximum absolute atomic E-state index is 11.5. The molecule has 2 rings (SSSR count). The van der Waals surface area contributed by atoms with Gasteiger partial charge in [-0.25, -0.2) is 0 Å². The fourth-order valence-corrected chi connectivity index (χ4v) is 2.56. The van der Waals surface area contributed by atoms with Gasteiger partial charge in [-0.1, -0.05) is 12.2 Å². The number of rotatable bonds is 1. The van der Waals surface area contributed by atoms with Gasteiger partial charge in [0, 0.05) is 0 Å². The Morgan fingerprint density at radius 1 is 1.58 bits per heavy atom. The van der Waals surface area contributed by atoms with E-state index < -0.39 is 0 Å². The first kappa shape index (κ1) is 7.84. The van der Waals surface area contributed by atoms with Crippen LogP contribution >= 0.6 is 0 Å². The summed E-state index contributed by atoms with van der Waals surface area (Å²) in [6.45, 7) is 2.02. The molecule has 0 N–H and O–H groups in total. The minimum Gasteiger partial charge on any atom is -0.469 e. The van der Waals surface area contributed by atoms with E-state index in [1.807, 2.05) is 6.92 Å². The van der Waals surface area contributed by atoms with Crippen molar-refractivity contribution in [2.75, 3.05) is 7.11 Å². The summed E-state index contributed by atoms with van der Waals surface area (Å²) < 4.78 is 4.82. The van der Waals surface area contributed by atoms with E-state index in [0.29, 0.717) is 11.8 Å². The summed E-state index contributed by atoms with van der Waals surface area (Å²) >= 11 is 0. The van der Waals surface area contributed by atoms with Crippen LogP contribution in [0.5, 0.6) is 0 Å². The summed E-state index contributed by atoms with van der Waals surface area (Å²) in [5, 5.41) is 0. The van der Waals surface area contributed by atoms with Gasteiger partial charge in [-0.05, 0) is 31.6 Å². The lowest BCUT2D eigenvalue weighted by molar-refractivity contribution is -0.153. The van der Waals surface area contributed by atoms with Crippen molar-refractivity contribution in [3.8, 4) is 0 Å². The Bertz CT molecular complexity index is 244. The molecule has 0 aromatic heterocycles. The molecule has 2 aliphatic carbocycles. The minimum absolute atomic E-state index is 0.0423. The molecule has 66 valence electrons. The van der Waals surface area contributed by atoms with Crippen molar-refractivity contribution in [1.29, 1.82) is 0 Å². The number of methoxy groups -OCH3 is 1. The van der Waals surface area contributed by atoms with Crippen molar-refractivity contribution in [1.82, 2.24) is 0 Å². The van der Waals surface area contributed by atoms with E-state index in [1.165, 1.54) is 7.11 Å². The molecule has 3 atom stereocenters. The monoisotopic (exact) mass is 166 g/mol. The van der Waals surface area contributed by atoms with Crippen molar-refractivity contribution in [3.63, 3.8) is 0 Å². The maximum atomic E-state index is 11.5. The Hall–Kier alpha value is -0.790. The van der Waals surface area contributed by atoms with Gasteiger partial charge in [0.05, 0.1) is 12.5 Å². The third-order valence-electron chi connectivity index (χ3n) is 3.33. The molecular weight excluding hydrogens is 152 g/mol. The molecule has 1 saturated carbocycles. The Morgan fingerprint density at radius 2 is 2.33 bits per heavy atom. The third kappa shape index (κ3) is 0.838. The second kappa shape index (κ2) is 2.35. The van der Waals surface area contributed by atoms with E-state index in [1.54, 1.807) is 0 Å². The highest BCUT2D eigenvalue weighted by molar-refractivity contribution is 5.78. The molecule has 2 bridgehead atoms. The first-order valence-electron chi connectivity index (χ1n) is 4.43. The van der Waals surface area contributed by atoms with Gasteiger partial charge in [0.2, 0.25) is 0 Å². The molecule has 0 heterocycles. The van der Waals surface area contributed by atoms with E-state index in [0.717, 1.165) is 12.8 Å². The summed E-state index contributed by atoms with van der Waals surface area (Å²) in [5.74, 6) is 1.01. The van der Waals surface area contributed by atoms with Crippen molar-refractivity contribution in [2.45, 2.75) is 19.8 Å². The lowest BCUT2D eigenvalue weighted by Crippen LogP contribution is -2.32. The van der Waals surface area contributed by atoms with Crippen LogP contribution in [-0.2, 0) is 9.53 Å². The average molecular weight is 166 g/mol. The van der Waals surface area contributed by atoms with E-state index >= 15 is 0 Å². The fraction of sp³-hybridized carbons (Fsp3) is 0.700. The molecule has 2 heteroatoms. The number of carbonyl (C=O) groups excluding carboxylic acids is 1. The highest BCUT2D eigenvalue weighted by atomic mass is 16.5. The number of allylic oxidation sites excluding steroid dienone is 2. The van der Waals surface area contributed by atoms with Gasteiger partial charge in [0.25, 0.3) is 0 Å². The van der Waals surface area contributed by atoms with Crippen molar-refractivity contribution in [2.24, 2.45) is 17.3 Å². The Morgan fingerprint density at radius 3 is 2.75 bits per heavy atom. The molecule has 0 spiro atoms. The van der Waals surface area contributed by atoms with Gasteiger partial charge < -0.3 is 4.74 Å². The van der Waals surface area contributed by atoms with Crippen LogP contribution in [-0.4, -0.2) is 13.1 Å². The zero-order valence-electron chi connectivity index (χ0n) is 7.54. The summed E-state index contributed by atoms with van der Waals surface area (Å²) in [4.78, 5) is 11.5. The summed E-state index contributed by atoms with van der Waals surface area (Å²) in [5.41, 5.74) is -0.228. The molecule has 2 aliphatic rings. The first-order valence-corrected chi connectivity index (χ1v) is 4.43. The standard InChI is InChI=1S/C10H14O2/c1-10(9(11)12-2)6-7-3-4-8(10)5-7/h3-4,7-8H,5-6H2,1-2H3/t7-,8+,10?/m1/s1. The molecule has 0 aliphatic heterocycles. The van der Waals surface area contributed by atoms with Crippen LogP contribution in [0.1, 0.15) is 19.8 Å². The Kier molecular flexibility index (Phi) is 1.53.